The van der Waals surface area contributed by atoms with Crippen molar-refractivity contribution in [3.05, 3.63) is 71.3 Å². The zero-order chi connectivity index (χ0) is 14.6. The summed E-state index contributed by atoms with van der Waals surface area (Å²) in [6, 6.07) is 18.4. The molecule has 0 aromatic heterocycles. The normalized spacial score (nSPS) is 13.1. The molecule has 4 heteroatoms. The average molecular weight is 353 g/mol. The van der Waals surface area contributed by atoms with E-state index in [2.05, 4.69) is 40.2 Å². The highest BCUT2D eigenvalue weighted by Crippen LogP contribution is 2.25. The van der Waals surface area contributed by atoms with Crippen molar-refractivity contribution in [2.24, 2.45) is 0 Å². The summed E-state index contributed by atoms with van der Waals surface area (Å²) in [6.07, 6.45) is 2.14. The van der Waals surface area contributed by atoms with Gasteiger partial charge in [-0.3, -0.25) is 0 Å². The molecule has 2 nitrogen and oxygen atoms in total. The third-order valence-electron chi connectivity index (χ3n) is 3.04. The summed E-state index contributed by atoms with van der Waals surface area (Å²) < 4.78 is 22.6. The van der Waals surface area contributed by atoms with Crippen LogP contribution in [-0.2, 0) is 16.3 Å². The average Bonchev–Trinajstić information content (AvgIpc) is 2.39. The molecule has 0 aliphatic heterocycles. The summed E-state index contributed by atoms with van der Waals surface area (Å²) in [7, 11) is -2.98. The quantitative estimate of drug-likeness (QED) is 0.767. The van der Waals surface area contributed by atoms with Gasteiger partial charge in [-0.2, -0.15) is 0 Å². The van der Waals surface area contributed by atoms with Crippen molar-refractivity contribution < 1.29 is 8.42 Å². The van der Waals surface area contributed by atoms with Gasteiger partial charge in [-0.25, -0.2) is 8.42 Å². The van der Waals surface area contributed by atoms with E-state index in [0.29, 0.717) is 0 Å². The van der Waals surface area contributed by atoms with Gasteiger partial charge in [0.25, 0.3) is 0 Å². The number of sulfone groups is 1. The second-order valence-electron chi connectivity index (χ2n) is 4.96. The van der Waals surface area contributed by atoms with E-state index in [1.165, 1.54) is 17.4 Å². The molecule has 0 radical (unpaired) electrons. The van der Waals surface area contributed by atoms with Gasteiger partial charge >= 0.3 is 0 Å². The van der Waals surface area contributed by atoms with Crippen LogP contribution >= 0.6 is 15.9 Å². The Hall–Kier alpha value is -1.13. The van der Waals surface area contributed by atoms with Gasteiger partial charge in [0.2, 0.25) is 0 Å². The Bertz CT molecular complexity index is 649. The minimum atomic E-state index is -2.98. The molecule has 0 fully saturated rings. The van der Waals surface area contributed by atoms with E-state index in [9.17, 15) is 8.42 Å². The van der Waals surface area contributed by atoms with Crippen molar-refractivity contribution in [1.29, 1.82) is 0 Å². The number of alkyl halides is 1. The fraction of sp³-hybridized carbons (Fsp3) is 0.250. The van der Waals surface area contributed by atoms with Gasteiger partial charge in [0.05, 0.1) is 10.6 Å². The van der Waals surface area contributed by atoms with Crippen LogP contribution in [0.4, 0.5) is 0 Å². The van der Waals surface area contributed by atoms with E-state index in [1.807, 2.05) is 30.3 Å². The standard InChI is InChI=1S/C16H17BrO2S/c1-20(18,19)12-16(17)15-9-7-14(8-10-15)11-13-5-3-2-4-6-13/h2-10,16H,11-12H2,1H3. The number of benzene rings is 2. The lowest BCUT2D eigenvalue weighted by molar-refractivity contribution is 0.601. The molecule has 0 aliphatic rings. The molecule has 2 aromatic rings. The highest BCUT2D eigenvalue weighted by molar-refractivity contribution is 9.09. The molecule has 106 valence electrons. The highest BCUT2D eigenvalue weighted by atomic mass is 79.9. The molecule has 20 heavy (non-hydrogen) atoms. The summed E-state index contributed by atoms with van der Waals surface area (Å²) in [4.78, 5) is -0.150. The van der Waals surface area contributed by atoms with Gasteiger partial charge < -0.3 is 0 Å². The van der Waals surface area contributed by atoms with Crippen molar-refractivity contribution in [1.82, 2.24) is 0 Å². The maximum Gasteiger partial charge on any atom is 0.148 e. The summed E-state index contributed by atoms with van der Waals surface area (Å²) >= 11 is 3.43. The van der Waals surface area contributed by atoms with E-state index >= 15 is 0 Å². The van der Waals surface area contributed by atoms with Crippen LogP contribution < -0.4 is 0 Å². The molecular formula is C16H17BrO2S. The predicted molar refractivity (Wildman–Crippen MR) is 87.1 cm³/mol. The highest BCUT2D eigenvalue weighted by Gasteiger charge is 2.14. The molecule has 0 saturated heterocycles. The first-order chi connectivity index (χ1) is 9.44. The lowest BCUT2D eigenvalue weighted by Crippen LogP contribution is -2.08. The smallest absolute Gasteiger partial charge is 0.148 e. The fourth-order valence-electron chi connectivity index (χ4n) is 2.04. The van der Waals surface area contributed by atoms with Crippen LogP contribution in [0.15, 0.2) is 54.6 Å². The van der Waals surface area contributed by atoms with Crippen molar-refractivity contribution in [3.63, 3.8) is 0 Å². The fourth-order valence-corrected chi connectivity index (χ4v) is 4.51. The molecule has 0 saturated carbocycles. The van der Waals surface area contributed by atoms with Crippen LogP contribution in [-0.4, -0.2) is 20.4 Å². The minimum Gasteiger partial charge on any atom is -0.229 e. The zero-order valence-electron chi connectivity index (χ0n) is 11.3. The van der Waals surface area contributed by atoms with E-state index in [0.717, 1.165) is 12.0 Å². The summed E-state index contributed by atoms with van der Waals surface area (Å²) in [5.74, 6) is 0.116. The Kier molecular flexibility index (Phi) is 5.00. The van der Waals surface area contributed by atoms with Crippen molar-refractivity contribution >= 4 is 25.8 Å². The van der Waals surface area contributed by atoms with Crippen LogP contribution in [0.25, 0.3) is 0 Å². The van der Waals surface area contributed by atoms with Crippen LogP contribution in [0.5, 0.6) is 0 Å². The Morgan fingerprint density at radius 1 is 0.950 bits per heavy atom. The molecule has 0 aliphatic carbocycles. The van der Waals surface area contributed by atoms with E-state index in [-0.39, 0.29) is 10.6 Å². The zero-order valence-corrected chi connectivity index (χ0v) is 13.7. The van der Waals surface area contributed by atoms with Gasteiger partial charge in [0, 0.05) is 6.26 Å². The molecule has 0 bridgehead atoms. The van der Waals surface area contributed by atoms with Gasteiger partial charge in [-0.15, -0.1) is 0 Å². The molecule has 1 atom stereocenters. The topological polar surface area (TPSA) is 34.1 Å². The van der Waals surface area contributed by atoms with Crippen LogP contribution in [0.3, 0.4) is 0 Å². The molecule has 0 spiro atoms. The number of rotatable bonds is 5. The number of hydrogen-bond donors (Lipinski definition) is 0. The van der Waals surface area contributed by atoms with Crippen LogP contribution in [0.2, 0.25) is 0 Å². The molecule has 1 unspecified atom stereocenters. The second kappa shape index (κ2) is 6.55. The Balaban J connectivity index is 2.07. The maximum atomic E-state index is 11.3. The molecule has 0 amide bonds. The molecule has 2 rings (SSSR count). The Labute approximate surface area is 128 Å². The lowest BCUT2D eigenvalue weighted by Gasteiger charge is -2.10. The van der Waals surface area contributed by atoms with Crippen molar-refractivity contribution in [3.8, 4) is 0 Å². The molecular weight excluding hydrogens is 336 g/mol. The van der Waals surface area contributed by atoms with Gasteiger partial charge in [0.15, 0.2) is 0 Å². The largest absolute Gasteiger partial charge is 0.229 e. The van der Waals surface area contributed by atoms with Crippen LogP contribution in [0.1, 0.15) is 21.5 Å². The SMILES string of the molecule is CS(=O)(=O)CC(Br)c1ccc(Cc2ccccc2)cc1. The molecule has 0 heterocycles. The van der Waals surface area contributed by atoms with E-state index in [1.54, 1.807) is 0 Å². The lowest BCUT2D eigenvalue weighted by atomic mass is 10.0. The number of halogens is 1. The summed E-state index contributed by atoms with van der Waals surface area (Å²) in [6.45, 7) is 0. The Morgan fingerprint density at radius 2 is 1.50 bits per heavy atom. The summed E-state index contributed by atoms with van der Waals surface area (Å²) in [5, 5.41) is 0. The van der Waals surface area contributed by atoms with E-state index in [4.69, 9.17) is 0 Å². The van der Waals surface area contributed by atoms with Gasteiger partial charge in [-0.05, 0) is 23.1 Å². The molecule has 0 N–H and O–H groups in total. The first-order valence-corrected chi connectivity index (χ1v) is 9.36. The monoisotopic (exact) mass is 352 g/mol. The number of hydrogen-bond acceptors (Lipinski definition) is 2. The predicted octanol–water partition coefficient (Wildman–Crippen LogP) is 3.76. The van der Waals surface area contributed by atoms with Gasteiger partial charge in [-0.1, -0.05) is 70.5 Å². The van der Waals surface area contributed by atoms with Crippen LogP contribution in [0, 0.1) is 0 Å². The van der Waals surface area contributed by atoms with E-state index < -0.39 is 9.84 Å². The first kappa shape index (κ1) is 15.3. The maximum absolute atomic E-state index is 11.3. The second-order valence-corrected chi connectivity index (χ2v) is 8.25. The third kappa shape index (κ3) is 4.76. The summed E-state index contributed by atoms with van der Waals surface area (Å²) in [5.41, 5.74) is 3.48. The van der Waals surface area contributed by atoms with Crippen molar-refractivity contribution in [2.45, 2.75) is 11.2 Å². The minimum absolute atomic E-state index is 0.116. The molecule has 2 aromatic carbocycles. The Morgan fingerprint density at radius 3 is 2.05 bits per heavy atom. The van der Waals surface area contributed by atoms with Crippen molar-refractivity contribution in [2.75, 3.05) is 12.0 Å². The third-order valence-corrected chi connectivity index (χ3v) is 5.26. The first-order valence-electron chi connectivity index (χ1n) is 6.38. The van der Waals surface area contributed by atoms with Gasteiger partial charge in [0.1, 0.15) is 9.84 Å².